The first-order chi connectivity index (χ1) is 8.40. The Hall–Kier alpha value is -1.08. The molecule has 1 aromatic heterocycles. The highest BCUT2D eigenvalue weighted by Crippen LogP contribution is 2.20. The van der Waals surface area contributed by atoms with Crippen LogP contribution in [0.4, 0.5) is 4.79 Å². The zero-order chi connectivity index (χ0) is 13.7. The van der Waals surface area contributed by atoms with E-state index < -0.39 is 11.9 Å². The summed E-state index contributed by atoms with van der Waals surface area (Å²) in [4.78, 5) is 23.7. The smallest absolute Gasteiger partial charge is 0.317 e. The Bertz CT molecular complexity index is 436. The molecule has 0 aliphatic carbocycles. The number of carbonyl (C=O) groups is 2. The van der Waals surface area contributed by atoms with E-state index in [0.717, 1.165) is 9.35 Å². The van der Waals surface area contributed by atoms with Gasteiger partial charge in [0.05, 0.1) is 9.70 Å². The molecule has 1 heterocycles. The van der Waals surface area contributed by atoms with E-state index >= 15 is 0 Å². The van der Waals surface area contributed by atoms with Gasteiger partial charge in [0.25, 0.3) is 0 Å². The highest BCUT2D eigenvalue weighted by molar-refractivity contribution is 9.11. The first-order valence-corrected chi connectivity index (χ1v) is 7.02. The van der Waals surface area contributed by atoms with Gasteiger partial charge in [-0.1, -0.05) is 6.92 Å². The van der Waals surface area contributed by atoms with Crippen LogP contribution < -0.4 is 5.32 Å². The number of carbonyl (C=O) groups excluding carboxylic acids is 1. The van der Waals surface area contributed by atoms with E-state index in [1.807, 2.05) is 11.4 Å². The minimum absolute atomic E-state index is 0.189. The first kappa shape index (κ1) is 15.0. The summed E-state index contributed by atoms with van der Waals surface area (Å²) in [6, 6.07) is 1.66. The molecule has 0 aliphatic heterocycles. The van der Waals surface area contributed by atoms with E-state index in [1.54, 1.807) is 25.3 Å². The van der Waals surface area contributed by atoms with E-state index in [1.165, 1.54) is 4.90 Å². The van der Waals surface area contributed by atoms with Crippen molar-refractivity contribution in [1.82, 2.24) is 10.2 Å². The van der Waals surface area contributed by atoms with Crippen LogP contribution in [0.2, 0.25) is 0 Å². The van der Waals surface area contributed by atoms with E-state index in [4.69, 9.17) is 5.11 Å². The number of carboxylic acid groups (broad SMARTS) is 1. The van der Waals surface area contributed by atoms with Crippen LogP contribution in [0.15, 0.2) is 15.2 Å². The SMILES string of the molecule is CC(CN(C)C(=O)NCc1csc(Br)c1)C(=O)O. The molecule has 5 nitrogen and oxygen atoms in total. The van der Waals surface area contributed by atoms with Gasteiger partial charge >= 0.3 is 12.0 Å². The monoisotopic (exact) mass is 334 g/mol. The Balaban J connectivity index is 2.38. The zero-order valence-corrected chi connectivity index (χ0v) is 12.5. The number of amides is 2. The van der Waals surface area contributed by atoms with Crippen molar-refractivity contribution in [3.63, 3.8) is 0 Å². The predicted molar refractivity (Wildman–Crippen MR) is 73.7 cm³/mol. The molecular formula is C11H15BrN2O3S. The number of rotatable bonds is 5. The topological polar surface area (TPSA) is 69.6 Å². The minimum Gasteiger partial charge on any atom is -0.481 e. The predicted octanol–water partition coefficient (Wildman–Crippen LogP) is 2.37. The molecular weight excluding hydrogens is 320 g/mol. The Kier molecular flexibility index (Phi) is 5.61. The van der Waals surface area contributed by atoms with Crippen LogP contribution in [0.3, 0.4) is 0 Å². The number of nitrogens with zero attached hydrogens (tertiary/aromatic N) is 1. The van der Waals surface area contributed by atoms with E-state index in [2.05, 4.69) is 21.2 Å². The van der Waals surface area contributed by atoms with Gasteiger partial charge in [-0.05, 0) is 32.9 Å². The molecule has 1 unspecified atom stereocenters. The minimum atomic E-state index is -0.906. The van der Waals surface area contributed by atoms with Crippen molar-refractivity contribution < 1.29 is 14.7 Å². The number of hydrogen-bond donors (Lipinski definition) is 2. The quantitative estimate of drug-likeness (QED) is 0.868. The molecule has 1 atom stereocenters. The number of halogens is 1. The third kappa shape index (κ3) is 4.66. The molecule has 7 heteroatoms. The molecule has 2 amide bonds. The normalized spacial score (nSPS) is 11.9. The Morgan fingerprint density at radius 1 is 1.61 bits per heavy atom. The maximum atomic E-state index is 11.7. The summed E-state index contributed by atoms with van der Waals surface area (Å²) in [6.45, 7) is 2.20. The van der Waals surface area contributed by atoms with Gasteiger partial charge in [-0.25, -0.2) is 4.79 Å². The highest BCUT2D eigenvalue weighted by atomic mass is 79.9. The second kappa shape index (κ2) is 6.75. The van der Waals surface area contributed by atoms with Crippen LogP contribution in [0.5, 0.6) is 0 Å². The largest absolute Gasteiger partial charge is 0.481 e. The molecule has 0 aliphatic rings. The number of thiophene rings is 1. The molecule has 0 fully saturated rings. The number of hydrogen-bond acceptors (Lipinski definition) is 3. The van der Waals surface area contributed by atoms with Crippen molar-refractivity contribution in [3.8, 4) is 0 Å². The maximum absolute atomic E-state index is 11.7. The molecule has 0 saturated heterocycles. The summed E-state index contributed by atoms with van der Waals surface area (Å²) in [7, 11) is 1.58. The van der Waals surface area contributed by atoms with Crippen molar-refractivity contribution in [1.29, 1.82) is 0 Å². The third-order valence-electron chi connectivity index (χ3n) is 2.38. The van der Waals surface area contributed by atoms with Gasteiger partial charge in [0, 0.05) is 20.1 Å². The summed E-state index contributed by atoms with van der Waals surface area (Å²) in [6.07, 6.45) is 0. The van der Waals surface area contributed by atoms with Crippen LogP contribution in [0.25, 0.3) is 0 Å². The fourth-order valence-electron chi connectivity index (χ4n) is 1.32. The van der Waals surface area contributed by atoms with Gasteiger partial charge in [0.15, 0.2) is 0 Å². The van der Waals surface area contributed by atoms with E-state index in [0.29, 0.717) is 6.54 Å². The van der Waals surface area contributed by atoms with Crippen molar-refractivity contribution in [2.75, 3.05) is 13.6 Å². The van der Waals surface area contributed by atoms with Crippen molar-refractivity contribution >= 4 is 39.3 Å². The van der Waals surface area contributed by atoms with Crippen LogP contribution in [-0.2, 0) is 11.3 Å². The molecule has 2 N–H and O–H groups in total. The lowest BCUT2D eigenvalue weighted by atomic mass is 10.2. The second-order valence-corrected chi connectivity index (χ2v) is 6.33. The van der Waals surface area contributed by atoms with Gasteiger partial charge in [-0.15, -0.1) is 11.3 Å². The summed E-state index contributed by atoms with van der Waals surface area (Å²) in [5, 5.41) is 13.4. The third-order valence-corrected chi connectivity index (χ3v) is 3.93. The van der Waals surface area contributed by atoms with Crippen LogP contribution >= 0.6 is 27.3 Å². The molecule has 0 aromatic carbocycles. The lowest BCUT2D eigenvalue weighted by Crippen LogP contribution is -2.40. The summed E-state index contributed by atoms with van der Waals surface area (Å²) in [5.74, 6) is -1.48. The van der Waals surface area contributed by atoms with Gasteiger partial charge < -0.3 is 15.3 Å². The summed E-state index contributed by atoms with van der Waals surface area (Å²) < 4.78 is 1.01. The average molecular weight is 335 g/mol. The van der Waals surface area contributed by atoms with E-state index in [-0.39, 0.29) is 12.6 Å². The fraction of sp³-hybridized carbons (Fsp3) is 0.455. The van der Waals surface area contributed by atoms with Crippen molar-refractivity contribution in [2.45, 2.75) is 13.5 Å². The first-order valence-electron chi connectivity index (χ1n) is 5.35. The highest BCUT2D eigenvalue weighted by Gasteiger charge is 2.17. The van der Waals surface area contributed by atoms with Crippen LogP contribution in [0, 0.1) is 5.92 Å². The fourth-order valence-corrected chi connectivity index (χ4v) is 2.53. The number of carboxylic acids is 1. The molecule has 0 bridgehead atoms. The lowest BCUT2D eigenvalue weighted by Gasteiger charge is -2.19. The number of nitrogens with one attached hydrogen (secondary N) is 1. The lowest BCUT2D eigenvalue weighted by molar-refractivity contribution is -0.141. The molecule has 1 rings (SSSR count). The second-order valence-electron chi connectivity index (χ2n) is 4.04. The van der Waals surface area contributed by atoms with Crippen molar-refractivity contribution in [2.24, 2.45) is 5.92 Å². The molecule has 1 aromatic rings. The molecule has 18 heavy (non-hydrogen) atoms. The van der Waals surface area contributed by atoms with Crippen LogP contribution in [-0.4, -0.2) is 35.6 Å². The Labute approximate surface area is 118 Å². The van der Waals surface area contributed by atoms with E-state index in [9.17, 15) is 9.59 Å². The van der Waals surface area contributed by atoms with Crippen molar-refractivity contribution in [3.05, 3.63) is 20.8 Å². The zero-order valence-electron chi connectivity index (χ0n) is 10.1. The van der Waals surface area contributed by atoms with Gasteiger partial charge in [0.2, 0.25) is 0 Å². The Morgan fingerprint density at radius 3 is 2.78 bits per heavy atom. The molecule has 100 valence electrons. The number of urea groups is 1. The van der Waals surface area contributed by atoms with Gasteiger partial charge in [-0.2, -0.15) is 0 Å². The Morgan fingerprint density at radius 2 is 2.28 bits per heavy atom. The number of aliphatic carboxylic acids is 1. The standard InChI is InChI=1S/C11H15BrN2O3S/c1-7(10(15)16)5-14(2)11(17)13-4-8-3-9(12)18-6-8/h3,6-7H,4-5H2,1-2H3,(H,13,17)(H,15,16). The molecule has 0 radical (unpaired) electrons. The molecule has 0 spiro atoms. The summed E-state index contributed by atoms with van der Waals surface area (Å²) in [5.41, 5.74) is 1.01. The van der Waals surface area contributed by atoms with Gasteiger partial charge in [0.1, 0.15) is 0 Å². The molecule has 0 saturated carbocycles. The maximum Gasteiger partial charge on any atom is 0.317 e. The van der Waals surface area contributed by atoms with Gasteiger partial charge in [-0.3, -0.25) is 4.79 Å². The summed E-state index contributed by atoms with van der Waals surface area (Å²) >= 11 is 4.90. The van der Waals surface area contributed by atoms with Crippen LogP contribution in [0.1, 0.15) is 12.5 Å². The average Bonchev–Trinajstić information content (AvgIpc) is 2.71.